The van der Waals surface area contributed by atoms with Gasteiger partial charge < -0.3 is 10.6 Å². The maximum atomic E-state index is 13.4. The second kappa shape index (κ2) is 11.7. The van der Waals surface area contributed by atoms with Crippen molar-refractivity contribution < 1.29 is 9.59 Å². The fraction of sp³-hybridized carbons (Fsp3) is 0.103. The van der Waals surface area contributed by atoms with Gasteiger partial charge in [-0.15, -0.1) is 11.8 Å². The van der Waals surface area contributed by atoms with Crippen molar-refractivity contribution in [3.8, 4) is 0 Å². The number of halogens is 1. The number of carbonyl (C=O) groups excluding carboxylic acids is 2. The van der Waals surface area contributed by atoms with Gasteiger partial charge in [0.25, 0.3) is 0 Å². The Morgan fingerprint density at radius 2 is 1.54 bits per heavy atom. The summed E-state index contributed by atoms with van der Waals surface area (Å²) in [5, 5.41) is 6.06. The van der Waals surface area contributed by atoms with E-state index in [1.165, 1.54) is 11.8 Å². The van der Waals surface area contributed by atoms with Gasteiger partial charge >= 0.3 is 0 Å². The van der Waals surface area contributed by atoms with Crippen LogP contribution in [-0.2, 0) is 16.0 Å². The minimum absolute atomic E-state index is 0.0906. The monoisotopic (exact) mass is 500 g/mol. The second-order valence-electron chi connectivity index (χ2n) is 8.10. The molecule has 1 unspecified atom stereocenters. The molecule has 4 nitrogen and oxygen atoms in total. The van der Waals surface area contributed by atoms with Gasteiger partial charge in [-0.25, -0.2) is 0 Å². The number of thioether (sulfide) groups is 1. The number of amides is 2. The molecular weight excluding hydrogens is 476 g/mol. The van der Waals surface area contributed by atoms with Crippen molar-refractivity contribution in [3.63, 3.8) is 0 Å². The Hall–Kier alpha value is -3.54. The second-order valence-corrected chi connectivity index (χ2v) is 9.71. The Bertz CT molecular complexity index is 1310. The summed E-state index contributed by atoms with van der Waals surface area (Å²) in [6, 6.07) is 32.2. The van der Waals surface area contributed by atoms with Crippen LogP contribution < -0.4 is 10.6 Å². The highest BCUT2D eigenvalue weighted by molar-refractivity contribution is 8.00. The van der Waals surface area contributed by atoms with Crippen LogP contribution in [0.15, 0.2) is 108 Å². The number of carbonyl (C=O) groups is 2. The Balaban J connectivity index is 1.52. The Morgan fingerprint density at radius 3 is 2.29 bits per heavy atom. The molecule has 0 saturated carbocycles. The van der Waals surface area contributed by atoms with Crippen LogP contribution in [0.4, 0.5) is 11.4 Å². The molecule has 0 aliphatic rings. The first-order valence-electron chi connectivity index (χ1n) is 11.2. The van der Waals surface area contributed by atoms with Crippen LogP contribution in [-0.4, -0.2) is 11.8 Å². The molecule has 6 heteroatoms. The molecule has 0 spiro atoms. The lowest BCUT2D eigenvalue weighted by molar-refractivity contribution is -0.116. The lowest BCUT2D eigenvalue weighted by atomic mass is 10.1. The van der Waals surface area contributed by atoms with Crippen molar-refractivity contribution in [2.24, 2.45) is 0 Å². The van der Waals surface area contributed by atoms with Crippen molar-refractivity contribution >= 4 is 46.6 Å². The SMILES string of the molecule is Cc1ccc(Cl)cc1NC(=O)C(Sc1cccc(NC(=O)Cc2ccccc2)c1)c1ccccc1. The van der Waals surface area contributed by atoms with Gasteiger partial charge in [0.2, 0.25) is 11.8 Å². The summed E-state index contributed by atoms with van der Waals surface area (Å²) in [5.41, 5.74) is 4.14. The summed E-state index contributed by atoms with van der Waals surface area (Å²) < 4.78 is 0. The molecule has 0 aliphatic heterocycles. The summed E-state index contributed by atoms with van der Waals surface area (Å²) in [4.78, 5) is 26.8. The van der Waals surface area contributed by atoms with Gasteiger partial charge in [0, 0.05) is 21.3 Å². The molecule has 0 saturated heterocycles. The third-order valence-electron chi connectivity index (χ3n) is 5.38. The summed E-state index contributed by atoms with van der Waals surface area (Å²) in [6.07, 6.45) is 0.298. The number of hydrogen-bond acceptors (Lipinski definition) is 3. The molecule has 0 bridgehead atoms. The molecule has 0 radical (unpaired) electrons. The van der Waals surface area contributed by atoms with Crippen molar-refractivity contribution in [1.82, 2.24) is 0 Å². The largest absolute Gasteiger partial charge is 0.326 e. The van der Waals surface area contributed by atoms with Crippen LogP contribution in [0.25, 0.3) is 0 Å². The zero-order valence-corrected chi connectivity index (χ0v) is 20.8. The first kappa shape index (κ1) is 24.6. The van der Waals surface area contributed by atoms with E-state index in [0.717, 1.165) is 21.6 Å². The first-order chi connectivity index (χ1) is 17.0. The standard InChI is InChI=1S/C29H25ClN2O2S/c1-20-15-16-23(30)18-26(20)32-29(34)28(22-11-6-3-7-12-22)35-25-14-8-13-24(19-25)31-27(33)17-21-9-4-2-5-10-21/h2-16,18-19,28H,17H2,1H3,(H,31,33)(H,32,34). The van der Waals surface area contributed by atoms with Gasteiger partial charge in [0.15, 0.2) is 0 Å². The number of hydrogen-bond donors (Lipinski definition) is 2. The zero-order chi connectivity index (χ0) is 24.6. The molecule has 1 atom stereocenters. The topological polar surface area (TPSA) is 58.2 Å². The summed E-state index contributed by atoms with van der Waals surface area (Å²) in [6.45, 7) is 1.93. The smallest absolute Gasteiger partial charge is 0.242 e. The van der Waals surface area contributed by atoms with E-state index in [-0.39, 0.29) is 11.8 Å². The minimum atomic E-state index is -0.496. The maximum Gasteiger partial charge on any atom is 0.242 e. The minimum Gasteiger partial charge on any atom is -0.326 e. The van der Waals surface area contributed by atoms with Gasteiger partial charge in [-0.05, 0) is 53.9 Å². The highest BCUT2D eigenvalue weighted by Crippen LogP contribution is 2.37. The van der Waals surface area contributed by atoms with E-state index in [1.54, 1.807) is 12.1 Å². The van der Waals surface area contributed by atoms with Crippen molar-refractivity contribution in [1.29, 1.82) is 0 Å². The quantitative estimate of drug-likeness (QED) is 0.249. The molecule has 176 valence electrons. The Morgan fingerprint density at radius 1 is 0.829 bits per heavy atom. The molecular formula is C29H25ClN2O2S. The Kier molecular flexibility index (Phi) is 8.24. The summed E-state index contributed by atoms with van der Waals surface area (Å²) in [5.74, 6) is -0.239. The van der Waals surface area contributed by atoms with Gasteiger partial charge in [0.05, 0.1) is 6.42 Å². The molecule has 0 heterocycles. The van der Waals surface area contributed by atoms with Gasteiger partial charge in [-0.2, -0.15) is 0 Å². The molecule has 4 rings (SSSR count). The molecule has 2 amide bonds. The molecule has 0 fully saturated rings. The molecule has 2 N–H and O–H groups in total. The van der Waals surface area contributed by atoms with E-state index < -0.39 is 5.25 Å². The molecule has 35 heavy (non-hydrogen) atoms. The van der Waals surface area contributed by atoms with Crippen LogP contribution in [0.3, 0.4) is 0 Å². The van der Waals surface area contributed by atoms with Crippen LogP contribution in [0.1, 0.15) is 21.9 Å². The van der Waals surface area contributed by atoms with E-state index in [1.807, 2.05) is 97.9 Å². The van der Waals surface area contributed by atoms with E-state index in [4.69, 9.17) is 11.6 Å². The molecule has 4 aromatic carbocycles. The molecule has 0 aliphatic carbocycles. The number of anilines is 2. The van der Waals surface area contributed by atoms with Gasteiger partial charge in [-0.3, -0.25) is 9.59 Å². The fourth-order valence-electron chi connectivity index (χ4n) is 3.60. The number of rotatable bonds is 8. The van der Waals surface area contributed by atoms with E-state index in [0.29, 0.717) is 22.8 Å². The van der Waals surface area contributed by atoms with Crippen molar-refractivity contribution in [2.45, 2.75) is 23.5 Å². The van der Waals surface area contributed by atoms with Crippen molar-refractivity contribution in [3.05, 3.63) is 125 Å². The van der Waals surface area contributed by atoms with Crippen LogP contribution in [0.5, 0.6) is 0 Å². The van der Waals surface area contributed by atoms with Gasteiger partial charge in [0.1, 0.15) is 5.25 Å². The fourth-order valence-corrected chi connectivity index (χ4v) is 4.85. The zero-order valence-electron chi connectivity index (χ0n) is 19.2. The van der Waals surface area contributed by atoms with Crippen LogP contribution in [0.2, 0.25) is 5.02 Å². The maximum absolute atomic E-state index is 13.4. The average molecular weight is 501 g/mol. The number of aryl methyl sites for hydroxylation is 1. The lowest BCUT2D eigenvalue weighted by Gasteiger charge is -2.18. The highest BCUT2D eigenvalue weighted by atomic mass is 35.5. The predicted octanol–water partition coefficient (Wildman–Crippen LogP) is 7.30. The van der Waals surface area contributed by atoms with E-state index in [9.17, 15) is 9.59 Å². The third kappa shape index (κ3) is 6.98. The molecule has 4 aromatic rings. The summed E-state index contributed by atoms with van der Waals surface area (Å²) in [7, 11) is 0. The van der Waals surface area contributed by atoms with Gasteiger partial charge in [-0.1, -0.05) is 84.4 Å². The number of benzene rings is 4. The third-order valence-corrected chi connectivity index (χ3v) is 6.86. The van der Waals surface area contributed by atoms with E-state index >= 15 is 0 Å². The summed E-state index contributed by atoms with van der Waals surface area (Å²) >= 11 is 7.57. The first-order valence-corrected chi connectivity index (χ1v) is 12.5. The van der Waals surface area contributed by atoms with Crippen LogP contribution >= 0.6 is 23.4 Å². The highest BCUT2D eigenvalue weighted by Gasteiger charge is 2.23. The number of nitrogens with one attached hydrogen (secondary N) is 2. The predicted molar refractivity (Wildman–Crippen MR) is 145 cm³/mol. The lowest BCUT2D eigenvalue weighted by Crippen LogP contribution is -2.19. The molecule has 0 aromatic heterocycles. The van der Waals surface area contributed by atoms with E-state index in [2.05, 4.69) is 10.6 Å². The van der Waals surface area contributed by atoms with Crippen molar-refractivity contribution in [2.75, 3.05) is 10.6 Å². The Labute approximate surface area is 214 Å². The normalized spacial score (nSPS) is 11.5. The van der Waals surface area contributed by atoms with Crippen LogP contribution in [0, 0.1) is 6.92 Å². The average Bonchev–Trinajstić information content (AvgIpc) is 2.86.